The summed E-state index contributed by atoms with van der Waals surface area (Å²) >= 11 is 3.67. The molecule has 0 N–H and O–H groups in total. The number of hydrogen-bond acceptors (Lipinski definition) is 6. The van der Waals surface area contributed by atoms with Crippen molar-refractivity contribution in [1.29, 1.82) is 0 Å². The predicted octanol–water partition coefficient (Wildman–Crippen LogP) is 5.32. The monoisotopic (exact) mass is 393 g/mol. The highest BCUT2D eigenvalue weighted by Gasteiger charge is 2.31. The second kappa shape index (κ2) is 7.03. The van der Waals surface area contributed by atoms with E-state index in [-0.39, 0.29) is 6.04 Å². The van der Waals surface area contributed by atoms with E-state index in [1.54, 1.807) is 0 Å². The van der Waals surface area contributed by atoms with Gasteiger partial charge in [-0.2, -0.15) is 4.98 Å². The molecule has 5 rings (SSSR count). The van der Waals surface area contributed by atoms with E-state index in [9.17, 15) is 0 Å². The molecule has 1 unspecified atom stereocenters. The number of benzene rings is 1. The Balaban J connectivity index is 1.43. The number of thiophene rings is 2. The fraction of sp³-hybridized carbons (Fsp3) is 0.238. The largest absolute Gasteiger partial charge is 0.338 e. The Morgan fingerprint density at radius 3 is 2.96 bits per heavy atom. The standard InChI is InChI=1S/C21H19N3OS2/c1-14-4-2-5-15(12-14)21-22-19(25-23-21)13-24-9-7-17-16(8-11-27-17)20(24)18-6-3-10-26-18/h2-6,8,10-12,20H,7,9,13H2,1H3. The van der Waals surface area contributed by atoms with Crippen molar-refractivity contribution in [1.82, 2.24) is 15.0 Å². The van der Waals surface area contributed by atoms with Crippen LogP contribution in [0.1, 0.15) is 32.8 Å². The molecule has 3 aromatic heterocycles. The van der Waals surface area contributed by atoms with Gasteiger partial charge in [-0.1, -0.05) is 35.0 Å². The summed E-state index contributed by atoms with van der Waals surface area (Å²) in [4.78, 5) is 9.98. The van der Waals surface area contributed by atoms with Gasteiger partial charge in [0, 0.05) is 21.9 Å². The van der Waals surface area contributed by atoms with E-state index in [4.69, 9.17) is 4.52 Å². The van der Waals surface area contributed by atoms with Gasteiger partial charge in [-0.25, -0.2) is 0 Å². The Morgan fingerprint density at radius 2 is 2.11 bits per heavy atom. The maximum absolute atomic E-state index is 5.60. The zero-order valence-corrected chi connectivity index (χ0v) is 16.6. The van der Waals surface area contributed by atoms with Gasteiger partial charge in [0.25, 0.3) is 0 Å². The lowest BCUT2D eigenvalue weighted by atomic mass is 9.98. The molecule has 0 saturated heterocycles. The average Bonchev–Trinajstić information content (AvgIpc) is 3.43. The highest BCUT2D eigenvalue weighted by Crippen LogP contribution is 2.40. The van der Waals surface area contributed by atoms with Crippen molar-refractivity contribution >= 4 is 22.7 Å². The molecule has 1 aliphatic rings. The van der Waals surface area contributed by atoms with E-state index in [1.807, 2.05) is 34.8 Å². The second-order valence-corrected chi connectivity index (χ2v) is 8.80. The Labute approximate surface area is 166 Å². The fourth-order valence-corrected chi connectivity index (χ4v) is 5.49. The van der Waals surface area contributed by atoms with Crippen LogP contribution in [0.3, 0.4) is 0 Å². The molecule has 1 aliphatic heterocycles. The topological polar surface area (TPSA) is 42.2 Å². The molecular formula is C21H19N3OS2. The minimum Gasteiger partial charge on any atom is -0.338 e. The van der Waals surface area contributed by atoms with Crippen LogP contribution in [0.25, 0.3) is 11.4 Å². The van der Waals surface area contributed by atoms with Crippen molar-refractivity contribution in [2.24, 2.45) is 0 Å². The number of rotatable bonds is 4. The van der Waals surface area contributed by atoms with Crippen molar-refractivity contribution in [3.05, 3.63) is 80.0 Å². The lowest BCUT2D eigenvalue weighted by Gasteiger charge is -2.34. The van der Waals surface area contributed by atoms with Gasteiger partial charge in [-0.05, 0) is 47.9 Å². The Hall–Kier alpha value is -2.28. The molecule has 6 heteroatoms. The first-order chi connectivity index (χ1) is 13.3. The minimum atomic E-state index is 0.273. The van der Waals surface area contributed by atoms with Gasteiger partial charge >= 0.3 is 0 Å². The molecule has 1 atom stereocenters. The summed E-state index contributed by atoms with van der Waals surface area (Å²) in [6.45, 7) is 3.73. The van der Waals surface area contributed by atoms with Gasteiger partial charge < -0.3 is 4.52 Å². The van der Waals surface area contributed by atoms with Crippen LogP contribution in [-0.4, -0.2) is 21.6 Å². The first-order valence-corrected chi connectivity index (χ1v) is 10.8. The lowest BCUT2D eigenvalue weighted by molar-refractivity contribution is 0.181. The molecule has 4 aromatic rings. The highest BCUT2D eigenvalue weighted by molar-refractivity contribution is 7.10. The maximum Gasteiger partial charge on any atom is 0.241 e. The van der Waals surface area contributed by atoms with Crippen LogP contribution in [-0.2, 0) is 13.0 Å². The van der Waals surface area contributed by atoms with E-state index >= 15 is 0 Å². The van der Waals surface area contributed by atoms with Crippen molar-refractivity contribution in [2.75, 3.05) is 6.54 Å². The number of hydrogen-bond donors (Lipinski definition) is 0. The zero-order valence-electron chi connectivity index (χ0n) is 15.0. The second-order valence-electron chi connectivity index (χ2n) is 6.82. The SMILES string of the molecule is Cc1cccc(-c2noc(CN3CCc4sccc4C3c3cccs3)n2)c1. The first kappa shape index (κ1) is 16.9. The summed E-state index contributed by atoms with van der Waals surface area (Å²) in [6.07, 6.45) is 1.08. The van der Waals surface area contributed by atoms with Crippen LogP contribution in [0.5, 0.6) is 0 Å². The quantitative estimate of drug-likeness (QED) is 0.471. The third-order valence-corrected chi connectivity index (χ3v) is 6.88. The van der Waals surface area contributed by atoms with Crippen LogP contribution in [0, 0.1) is 6.92 Å². The van der Waals surface area contributed by atoms with Crippen molar-refractivity contribution < 1.29 is 4.52 Å². The number of aryl methyl sites for hydroxylation is 1. The van der Waals surface area contributed by atoms with E-state index in [2.05, 4.69) is 63.1 Å². The fourth-order valence-electron chi connectivity index (χ4n) is 3.71. The van der Waals surface area contributed by atoms with Crippen LogP contribution >= 0.6 is 22.7 Å². The van der Waals surface area contributed by atoms with E-state index in [0.717, 1.165) is 18.5 Å². The van der Waals surface area contributed by atoms with Gasteiger partial charge in [-0.3, -0.25) is 4.90 Å². The molecule has 0 aliphatic carbocycles. The van der Waals surface area contributed by atoms with Gasteiger partial charge in [0.1, 0.15) is 0 Å². The highest BCUT2D eigenvalue weighted by atomic mass is 32.1. The van der Waals surface area contributed by atoms with Gasteiger partial charge in [-0.15, -0.1) is 22.7 Å². The molecule has 0 amide bonds. The van der Waals surface area contributed by atoms with Gasteiger partial charge in [0.05, 0.1) is 12.6 Å². The van der Waals surface area contributed by atoms with Crippen molar-refractivity contribution in [3.8, 4) is 11.4 Å². The van der Waals surface area contributed by atoms with E-state index in [0.29, 0.717) is 18.3 Å². The Kier molecular flexibility index (Phi) is 4.39. The molecule has 0 radical (unpaired) electrons. The first-order valence-electron chi connectivity index (χ1n) is 9.01. The normalized spacial score (nSPS) is 17.1. The van der Waals surface area contributed by atoms with E-state index < -0.39 is 0 Å². The van der Waals surface area contributed by atoms with Crippen molar-refractivity contribution in [3.63, 3.8) is 0 Å². The lowest BCUT2D eigenvalue weighted by Crippen LogP contribution is -2.34. The van der Waals surface area contributed by atoms with Crippen LogP contribution < -0.4 is 0 Å². The van der Waals surface area contributed by atoms with Gasteiger partial charge in [0.2, 0.25) is 11.7 Å². The minimum absolute atomic E-state index is 0.273. The van der Waals surface area contributed by atoms with Crippen molar-refractivity contribution in [2.45, 2.75) is 25.9 Å². The Bertz CT molecular complexity index is 1050. The summed E-state index contributed by atoms with van der Waals surface area (Å²) in [5, 5.41) is 8.56. The predicted molar refractivity (Wildman–Crippen MR) is 109 cm³/mol. The third kappa shape index (κ3) is 3.25. The summed E-state index contributed by atoms with van der Waals surface area (Å²) in [6, 6.07) is 15.1. The summed E-state index contributed by atoms with van der Waals surface area (Å²) in [5.74, 6) is 1.33. The third-order valence-electron chi connectivity index (χ3n) is 4.96. The Morgan fingerprint density at radius 1 is 1.15 bits per heavy atom. The molecule has 0 saturated carbocycles. The summed E-state index contributed by atoms with van der Waals surface area (Å²) in [7, 11) is 0. The molecule has 136 valence electrons. The average molecular weight is 394 g/mol. The smallest absolute Gasteiger partial charge is 0.241 e. The molecule has 1 aromatic carbocycles. The molecular weight excluding hydrogens is 374 g/mol. The molecule has 27 heavy (non-hydrogen) atoms. The molecule has 0 bridgehead atoms. The molecule has 4 nitrogen and oxygen atoms in total. The molecule has 4 heterocycles. The molecule has 0 spiro atoms. The number of fused-ring (bicyclic) bond motifs is 1. The summed E-state index contributed by atoms with van der Waals surface area (Å²) < 4.78 is 5.60. The maximum atomic E-state index is 5.60. The zero-order chi connectivity index (χ0) is 18.2. The van der Waals surface area contributed by atoms with Crippen LogP contribution in [0.4, 0.5) is 0 Å². The van der Waals surface area contributed by atoms with E-state index in [1.165, 1.54) is 20.9 Å². The van der Waals surface area contributed by atoms with Crippen LogP contribution in [0.15, 0.2) is 57.7 Å². The molecule has 0 fully saturated rings. The number of aromatic nitrogens is 2. The van der Waals surface area contributed by atoms with Gasteiger partial charge in [0.15, 0.2) is 0 Å². The number of nitrogens with zero attached hydrogens (tertiary/aromatic N) is 3. The summed E-state index contributed by atoms with van der Waals surface area (Å²) in [5.41, 5.74) is 3.61. The van der Waals surface area contributed by atoms with Crippen LogP contribution in [0.2, 0.25) is 0 Å².